The number of nitrogens with zero attached hydrogens (tertiary/aromatic N) is 4. The molecule has 2 aliphatic rings. The molecular weight excluding hydrogens is 432 g/mol. The first-order valence-corrected chi connectivity index (χ1v) is 12.0. The SMILES string of the molecule is CNC(O)c1ccc(N[C@H]2CC[C@@H](Oc3cc(N4CCOCC4)cc4nccnc34)CC2)nc1. The van der Waals surface area contributed by atoms with Gasteiger partial charge >= 0.3 is 0 Å². The smallest absolute Gasteiger partial charge is 0.149 e. The van der Waals surface area contributed by atoms with E-state index >= 15 is 0 Å². The molecule has 0 amide bonds. The third-order valence-electron chi connectivity index (χ3n) is 6.60. The van der Waals surface area contributed by atoms with Crippen LogP contribution in [0.4, 0.5) is 11.5 Å². The Hall–Kier alpha value is -3.01. The Morgan fingerprint density at radius 2 is 1.85 bits per heavy atom. The first-order valence-electron chi connectivity index (χ1n) is 12.0. The summed E-state index contributed by atoms with van der Waals surface area (Å²) in [4.78, 5) is 15.9. The Balaban J connectivity index is 1.22. The monoisotopic (exact) mass is 464 g/mol. The fraction of sp³-hybridized carbons (Fsp3) is 0.480. The molecule has 1 unspecified atom stereocenters. The maximum absolute atomic E-state index is 9.85. The van der Waals surface area contributed by atoms with Gasteiger partial charge in [0.1, 0.15) is 23.3 Å². The molecule has 3 N–H and O–H groups in total. The molecule has 0 spiro atoms. The molecular formula is C25H32N6O3. The van der Waals surface area contributed by atoms with Crippen molar-refractivity contribution in [3.05, 3.63) is 48.4 Å². The highest BCUT2D eigenvalue weighted by Gasteiger charge is 2.24. The molecule has 0 radical (unpaired) electrons. The third kappa shape index (κ3) is 5.22. The molecule has 5 rings (SSSR count). The maximum Gasteiger partial charge on any atom is 0.149 e. The maximum atomic E-state index is 9.85. The number of nitrogens with one attached hydrogen (secondary N) is 2. The molecule has 9 heteroatoms. The van der Waals surface area contributed by atoms with Crippen LogP contribution in [0.5, 0.6) is 5.75 Å². The van der Waals surface area contributed by atoms with E-state index in [9.17, 15) is 5.11 Å². The fourth-order valence-electron chi connectivity index (χ4n) is 4.66. The van der Waals surface area contributed by atoms with Crippen molar-refractivity contribution < 1.29 is 14.6 Å². The van der Waals surface area contributed by atoms with Crippen molar-refractivity contribution in [3.8, 4) is 5.75 Å². The summed E-state index contributed by atoms with van der Waals surface area (Å²) in [5.41, 5.74) is 3.53. The quantitative estimate of drug-likeness (QED) is 0.455. The number of benzene rings is 1. The molecule has 1 saturated heterocycles. The summed E-state index contributed by atoms with van der Waals surface area (Å²) in [5.74, 6) is 1.64. The lowest BCUT2D eigenvalue weighted by atomic mass is 9.93. The molecule has 9 nitrogen and oxygen atoms in total. The predicted octanol–water partition coefficient (Wildman–Crippen LogP) is 2.87. The van der Waals surface area contributed by atoms with Crippen LogP contribution in [-0.2, 0) is 4.74 Å². The van der Waals surface area contributed by atoms with Crippen LogP contribution in [0.1, 0.15) is 37.5 Å². The summed E-state index contributed by atoms with van der Waals surface area (Å²) < 4.78 is 12.0. The van der Waals surface area contributed by atoms with Crippen LogP contribution >= 0.6 is 0 Å². The second-order valence-electron chi connectivity index (χ2n) is 8.87. The van der Waals surface area contributed by atoms with E-state index in [1.165, 1.54) is 0 Å². The summed E-state index contributed by atoms with van der Waals surface area (Å²) in [5, 5.41) is 16.2. The second-order valence-corrected chi connectivity index (χ2v) is 8.87. The van der Waals surface area contributed by atoms with E-state index in [0.717, 1.165) is 85.8 Å². The zero-order valence-electron chi connectivity index (χ0n) is 19.5. The first kappa shape index (κ1) is 22.8. The molecule has 2 fully saturated rings. The van der Waals surface area contributed by atoms with Gasteiger partial charge in [-0.3, -0.25) is 10.3 Å². The van der Waals surface area contributed by atoms with E-state index in [1.807, 2.05) is 12.1 Å². The Kier molecular flexibility index (Phi) is 7.03. The zero-order chi connectivity index (χ0) is 23.3. The van der Waals surface area contributed by atoms with Gasteiger partial charge in [0.05, 0.1) is 24.8 Å². The molecule has 1 aliphatic carbocycles. The van der Waals surface area contributed by atoms with Crippen LogP contribution < -0.4 is 20.3 Å². The van der Waals surface area contributed by atoms with Gasteiger partial charge in [0.25, 0.3) is 0 Å². The van der Waals surface area contributed by atoms with Crippen molar-refractivity contribution in [3.63, 3.8) is 0 Å². The molecule has 3 aromatic rings. The minimum absolute atomic E-state index is 0.143. The molecule has 1 saturated carbocycles. The molecule has 2 aromatic heterocycles. The van der Waals surface area contributed by atoms with Crippen LogP contribution in [-0.4, -0.2) is 65.6 Å². The van der Waals surface area contributed by atoms with Crippen LogP contribution in [0.3, 0.4) is 0 Å². The molecule has 1 aliphatic heterocycles. The van der Waals surface area contributed by atoms with E-state index in [4.69, 9.17) is 9.47 Å². The van der Waals surface area contributed by atoms with Crippen LogP contribution in [0, 0.1) is 0 Å². The number of aliphatic hydroxyl groups is 1. The average molecular weight is 465 g/mol. The number of fused-ring (bicyclic) bond motifs is 1. The molecule has 0 bridgehead atoms. The first-order chi connectivity index (χ1) is 16.7. The van der Waals surface area contributed by atoms with E-state index in [2.05, 4.69) is 42.6 Å². The molecule has 34 heavy (non-hydrogen) atoms. The highest BCUT2D eigenvalue weighted by atomic mass is 16.5. The summed E-state index contributed by atoms with van der Waals surface area (Å²) >= 11 is 0. The topological polar surface area (TPSA) is 105 Å². The Labute approximate surface area is 199 Å². The normalized spacial score (nSPS) is 21.9. The van der Waals surface area contributed by atoms with Gasteiger partial charge in [-0.05, 0) is 50.9 Å². The standard InChI is InChI=1S/C25H32N6O3/c1-26-25(32)17-2-7-23(29-16-17)30-18-3-5-20(6-4-18)34-22-15-19(31-10-12-33-13-11-31)14-21-24(22)28-9-8-27-21/h2,7-9,14-16,18,20,25-26,32H,3-6,10-13H2,1H3,(H,29,30)/t18-,20+,25?. The second kappa shape index (κ2) is 10.5. The number of hydrogen-bond donors (Lipinski definition) is 3. The van der Waals surface area contributed by atoms with Gasteiger partial charge in [-0.1, -0.05) is 0 Å². The fourth-order valence-corrected chi connectivity index (χ4v) is 4.66. The lowest BCUT2D eigenvalue weighted by Crippen LogP contribution is -2.36. The summed E-state index contributed by atoms with van der Waals surface area (Å²) in [6, 6.07) is 8.36. The van der Waals surface area contributed by atoms with Crippen molar-refractivity contribution in [2.45, 2.75) is 44.1 Å². The minimum atomic E-state index is -0.698. The third-order valence-corrected chi connectivity index (χ3v) is 6.60. The summed E-state index contributed by atoms with van der Waals surface area (Å²) in [7, 11) is 1.71. The number of aromatic nitrogens is 3. The number of rotatable bonds is 7. The average Bonchev–Trinajstić information content (AvgIpc) is 2.90. The summed E-state index contributed by atoms with van der Waals surface area (Å²) in [6.07, 6.45) is 8.51. The van der Waals surface area contributed by atoms with Gasteiger partial charge in [-0.15, -0.1) is 0 Å². The van der Waals surface area contributed by atoms with E-state index in [-0.39, 0.29) is 6.10 Å². The highest BCUT2D eigenvalue weighted by molar-refractivity contribution is 5.85. The van der Waals surface area contributed by atoms with Crippen molar-refractivity contribution in [1.82, 2.24) is 20.3 Å². The Bertz CT molecular complexity index is 1080. The molecule has 3 heterocycles. The van der Waals surface area contributed by atoms with Gasteiger partial charge in [0.15, 0.2) is 0 Å². The van der Waals surface area contributed by atoms with Gasteiger partial charge in [-0.25, -0.2) is 9.97 Å². The highest BCUT2D eigenvalue weighted by Crippen LogP contribution is 2.33. The zero-order valence-corrected chi connectivity index (χ0v) is 19.5. The predicted molar refractivity (Wildman–Crippen MR) is 131 cm³/mol. The van der Waals surface area contributed by atoms with Gasteiger partial charge < -0.3 is 24.8 Å². The lowest BCUT2D eigenvalue weighted by molar-refractivity contribution is 0.122. The van der Waals surface area contributed by atoms with Crippen molar-refractivity contribution in [2.75, 3.05) is 43.6 Å². The number of ether oxygens (including phenoxy) is 2. The van der Waals surface area contributed by atoms with E-state index < -0.39 is 6.23 Å². The van der Waals surface area contributed by atoms with Gasteiger partial charge in [0, 0.05) is 55.0 Å². The van der Waals surface area contributed by atoms with Gasteiger partial charge in [0.2, 0.25) is 0 Å². The van der Waals surface area contributed by atoms with Gasteiger partial charge in [-0.2, -0.15) is 0 Å². The van der Waals surface area contributed by atoms with Crippen LogP contribution in [0.2, 0.25) is 0 Å². The van der Waals surface area contributed by atoms with Crippen molar-refractivity contribution in [2.24, 2.45) is 0 Å². The minimum Gasteiger partial charge on any atom is -0.488 e. The number of hydrogen-bond acceptors (Lipinski definition) is 9. The largest absolute Gasteiger partial charge is 0.488 e. The van der Waals surface area contributed by atoms with E-state index in [0.29, 0.717) is 6.04 Å². The lowest BCUT2D eigenvalue weighted by Gasteiger charge is -2.31. The van der Waals surface area contributed by atoms with Crippen LogP contribution in [0.25, 0.3) is 11.0 Å². The number of morpholine rings is 1. The van der Waals surface area contributed by atoms with Crippen LogP contribution in [0.15, 0.2) is 42.9 Å². The molecule has 180 valence electrons. The number of anilines is 2. The van der Waals surface area contributed by atoms with Crippen molar-refractivity contribution >= 4 is 22.5 Å². The van der Waals surface area contributed by atoms with Crippen molar-refractivity contribution in [1.29, 1.82) is 0 Å². The Morgan fingerprint density at radius 1 is 1.06 bits per heavy atom. The molecule has 1 atom stereocenters. The Morgan fingerprint density at radius 3 is 2.59 bits per heavy atom. The number of aliphatic hydroxyl groups excluding tert-OH is 1. The van der Waals surface area contributed by atoms with E-state index in [1.54, 1.807) is 25.6 Å². The summed E-state index contributed by atoms with van der Waals surface area (Å²) in [6.45, 7) is 3.20. The number of pyridine rings is 1. The molecule has 1 aromatic carbocycles.